The van der Waals surface area contributed by atoms with E-state index in [0.29, 0.717) is 11.3 Å². The number of hydrogen-bond donors (Lipinski definition) is 4. The quantitative estimate of drug-likeness (QED) is 0.624. The van der Waals surface area contributed by atoms with Crippen LogP contribution in [-0.4, -0.2) is 24.4 Å². The smallest absolute Gasteiger partial charge is 0.170 e. The Morgan fingerprint density at radius 2 is 2.00 bits per heavy atom. The highest BCUT2D eigenvalue weighted by atomic mass is 32.1. The number of dihydropyridines is 1. The fourth-order valence-electron chi connectivity index (χ4n) is 3.55. The van der Waals surface area contributed by atoms with Crippen molar-refractivity contribution in [3.63, 3.8) is 0 Å². The molecule has 0 radical (unpaired) electrons. The van der Waals surface area contributed by atoms with Gasteiger partial charge in [0.05, 0.1) is 6.17 Å². The first-order valence-electron chi connectivity index (χ1n) is 9.22. The Morgan fingerprint density at radius 1 is 1.12 bits per heavy atom. The summed E-state index contributed by atoms with van der Waals surface area (Å²) in [7, 11) is 0. The van der Waals surface area contributed by atoms with E-state index in [1.165, 1.54) is 34.9 Å². The van der Waals surface area contributed by atoms with Gasteiger partial charge < -0.3 is 16.0 Å². The van der Waals surface area contributed by atoms with Crippen LogP contribution in [0.2, 0.25) is 0 Å². The molecule has 0 bridgehead atoms. The maximum atomic E-state index is 5.47. The van der Waals surface area contributed by atoms with E-state index in [1.807, 2.05) is 12.1 Å². The van der Waals surface area contributed by atoms with E-state index in [-0.39, 0.29) is 0 Å². The highest BCUT2D eigenvalue weighted by Crippen LogP contribution is 2.23. The third-order valence-electron chi connectivity index (χ3n) is 4.91. The van der Waals surface area contributed by atoms with Crippen molar-refractivity contribution in [3.05, 3.63) is 65.9 Å². The predicted molar refractivity (Wildman–Crippen MR) is 113 cm³/mol. The number of thiocarbonyl (C=S) groups is 1. The minimum absolute atomic E-state index is 0.310. The molecule has 0 aromatic heterocycles. The molecule has 1 saturated heterocycles. The second-order valence-electron chi connectivity index (χ2n) is 6.73. The molecule has 0 saturated carbocycles. The summed E-state index contributed by atoms with van der Waals surface area (Å²) in [4.78, 5) is 0. The first-order chi connectivity index (χ1) is 12.8. The van der Waals surface area contributed by atoms with Crippen molar-refractivity contribution in [2.24, 2.45) is 0 Å². The maximum absolute atomic E-state index is 5.47. The van der Waals surface area contributed by atoms with Crippen LogP contribution in [-0.2, 0) is 0 Å². The number of benzene rings is 2. The molecule has 2 aliphatic heterocycles. The Balaban J connectivity index is 1.30. The molecule has 4 rings (SSSR count). The Labute approximate surface area is 159 Å². The van der Waals surface area contributed by atoms with E-state index >= 15 is 0 Å². The highest BCUT2D eigenvalue weighted by Gasteiger charge is 2.20. The topological polar surface area (TPSA) is 48.1 Å². The summed E-state index contributed by atoms with van der Waals surface area (Å²) < 4.78 is 0. The minimum Gasteiger partial charge on any atom is -0.370 e. The molecule has 1 atom stereocenters. The monoisotopic (exact) mass is 364 g/mol. The van der Waals surface area contributed by atoms with Gasteiger partial charge >= 0.3 is 0 Å². The van der Waals surface area contributed by atoms with Crippen LogP contribution >= 0.6 is 12.2 Å². The van der Waals surface area contributed by atoms with Crippen molar-refractivity contribution in [1.29, 1.82) is 0 Å². The normalized spacial score (nSPS) is 19.0. The third-order valence-corrected chi connectivity index (χ3v) is 5.15. The van der Waals surface area contributed by atoms with Crippen LogP contribution in [0.15, 0.2) is 65.9 Å². The molecule has 0 spiro atoms. The molecule has 2 aromatic rings. The Morgan fingerprint density at radius 3 is 2.96 bits per heavy atom. The van der Waals surface area contributed by atoms with Crippen molar-refractivity contribution in [3.8, 4) is 0 Å². The first-order valence-corrected chi connectivity index (χ1v) is 9.62. The zero-order chi connectivity index (χ0) is 17.8. The second kappa shape index (κ2) is 7.89. The van der Waals surface area contributed by atoms with Gasteiger partial charge in [-0.2, -0.15) is 0 Å². The standard InChI is InChI=1S/C21H24N4S/c26-21(25-19-9-3-6-15-5-1-2-8-18(15)19)23-14-12-17-11-10-16-7-4-13-22-20(16)24-17/h1-3,5-6,8-11,20,22,24H,4,7,12-14H2,(H2,23,25,26). The number of nitrogens with one attached hydrogen (secondary N) is 4. The lowest BCUT2D eigenvalue weighted by Gasteiger charge is -2.32. The zero-order valence-electron chi connectivity index (χ0n) is 14.7. The molecule has 4 nitrogen and oxygen atoms in total. The van der Waals surface area contributed by atoms with Crippen LogP contribution < -0.4 is 21.3 Å². The van der Waals surface area contributed by atoms with E-state index in [9.17, 15) is 0 Å². The fraction of sp³-hybridized carbons (Fsp3) is 0.286. The van der Waals surface area contributed by atoms with Crippen LogP contribution in [0.1, 0.15) is 19.3 Å². The summed E-state index contributed by atoms with van der Waals surface area (Å²) in [5.74, 6) is 0. The summed E-state index contributed by atoms with van der Waals surface area (Å²) in [5.41, 5.74) is 3.74. The number of hydrogen-bond acceptors (Lipinski definition) is 3. The molecule has 4 N–H and O–H groups in total. The summed E-state index contributed by atoms with van der Waals surface area (Å²) in [6, 6.07) is 14.5. The Kier molecular flexibility index (Phi) is 5.18. The van der Waals surface area contributed by atoms with E-state index in [2.05, 4.69) is 63.8 Å². The Bertz CT molecular complexity index is 866. The average molecular weight is 365 g/mol. The van der Waals surface area contributed by atoms with Crippen molar-refractivity contribution >= 4 is 33.8 Å². The summed E-state index contributed by atoms with van der Waals surface area (Å²) in [6.07, 6.45) is 8.09. The lowest BCUT2D eigenvalue weighted by atomic mass is 9.99. The van der Waals surface area contributed by atoms with Gasteiger partial charge in [-0.15, -0.1) is 0 Å². The SMILES string of the molecule is S=C(NCCC1=CC=C2CCCNC2N1)Nc1cccc2ccccc12. The third kappa shape index (κ3) is 3.89. The first kappa shape index (κ1) is 17.1. The van der Waals surface area contributed by atoms with Gasteiger partial charge in [-0.05, 0) is 54.7 Å². The van der Waals surface area contributed by atoms with Crippen LogP contribution in [0.3, 0.4) is 0 Å². The molecule has 1 unspecified atom stereocenters. The summed E-state index contributed by atoms with van der Waals surface area (Å²) in [5, 5.41) is 16.8. The molecular formula is C21H24N4S. The number of fused-ring (bicyclic) bond motifs is 2. The van der Waals surface area contributed by atoms with Gasteiger partial charge in [0, 0.05) is 29.7 Å². The molecule has 2 aliphatic rings. The van der Waals surface area contributed by atoms with Gasteiger partial charge in [-0.3, -0.25) is 5.32 Å². The lowest BCUT2D eigenvalue weighted by Crippen LogP contribution is -2.48. The van der Waals surface area contributed by atoms with Gasteiger partial charge in [0.15, 0.2) is 5.11 Å². The summed E-state index contributed by atoms with van der Waals surface area (Å²) >= 11 is 5.47. The van der Waals surface area contributed by atoms with Crippen LogP contribution in [0.5, 0.6) is 0 Å². The molecular weight excluding hydrogens is 340 g/mol. The van der Waals surface area contributed by atoms with Crippen LogP contribution in [0.4, 0.5) is 5.69 Å². The number of piperidine rings is 1. The van der Waals surface area contributed by atoms with Crippen molar-refractivity contribution < 1.29 is 0 Å². The fourth-order valence-corrected chi connectivity index (χ4v) is 3.76. The second-order valence-corrected chi connectivity index (χ2v) is 7.13. The lowest BCUT2D eigenvalue weighted by molar-refractivity contribution is 0.438. The molecule has 0 amide bonds. The van der Waals surface area contributed by atoms with Gasteiger partial charge in [0.2, 0.25) is 0 Å². The van der Waals surface area contributed by atoms with Gasteiger partial charge in [-0.1, -0.05) is 42.5 Å². The van der Waals surface area contributed by atoms with E-state index in [1.54, 1.807) is 0 Å². The van der Waals surface area contributed by atoms with Crippen molar-refractivity contribution in [2.75, 3.05) is 18.4 Å². The molecule has 2 heterocycles. The number of allylic oxidation sites excluding steroid dienone is 2. The number of rotatable bonds is 4. The van der Waals surface area contributed by atoms with Crippen LogP contribution in [0, 0.1) is 0 Å². The average Bonchev–Trinajstić information content (AvgIpc) is 2.68. The minimum atomic E-state index is 0.310. The van der Waals surface area contributed by atoms with Crippen LogP contribution in [0.25, 0.3) is 10.8 Å². The van der Waals surface area contributed by atoms with Gasteiger partial charge in [-0.25, -0.2) is 0 Å². The molecule has 5 heteroatoms. The number of anilines is 1. The van der Waals surface area contributed by atoms with Crippen molar-refractivity contribution in [2.45, 2.75) is 25.4 Å². The molecule has 134 valence electrons. The predicted octanol–water partition coefficient (Wildman–Crippen LogP) is 3.64. The molecule has 0 aliphatic carbocycles. The maximum Gasteiger partial charge on any atom is 0.170 e. The van der Waals surface area contributed by atoms with Gasteiger partial charge in [0.25, 0.3) is 0 Å². The van der Waals surface area contributed by atoms with E-state index in [0.717, 1.165) is 25.2 Å². The van der Waals surface area contributed by atoms with Gasteiger partial charge in [0.1, 0.15) is 0 Å². The van der Waals surface area contributed by atoms with E-state index in [4.69, 9.17) is 12.2 Å². The Hall–Kier alpha value is -2.37. The largest absolute Gasteiger partial charge is 0.370 e. The highest BCUT2D eigenvalue weighted by molar-refractivity contribution is 7.80. The zero-order valence-corrected chi connectivity index (χ0v) is 15.5. The van der Waals surface area contributed by atoms with E-state index < -0.39 is 0 Å². The van der Waals surface area contributed by atoms with Crippen molar-refractivity contribution in [1.82, 2.24) is 16.0 Å². The molecule has 1 fully saturated rings. The molecule has 26 heavy (non-hydrogen) atoms. The molecule has 2 aromatic carbocycles. The summed E-state index contributed by atoms with van der Waals surface area (Å²) in [6.45, 7) is 1.88.